The van der Waals surface area contributed by atoms with E-state index in [1.54, 1.807) is 0 Å². The summed E-state index contributed by atoms with van der Waals surface area (Å²) in [6.45, 7) is 4.91. The number of phosphoric acid groups is 2. The predicted molar refractivity (Wildman–Crippen MR) is 349 cm³/mol. The van der Waals surface area contributed by atoms with Crippen LogP contribution < -0.4 is 0 Å². The minimum atomic E-state index is -4.95. The molecule has 0 rings (SSSR count). The van der Waals surface area contributed by atoms with E-state index in [0.717, 1.165) is 89.9 Å². The Morgan fingerprint density at radius 3 is 0.678 bits per heavy atom. The number of hydrogen-bond acceptors (Lipinski definition) is 15. The minimum Gasteiger partial charge on any atom is -0.462 e. The van der Waals surface area contributed by atoms with Crippen LogP contribution in [0.25, 0.3) is 0 Å². The lowest BCUT2D eigenvalue weighted by molar-refractivity contribution is -0.161. The lowest BCUT2D eigenvalue weighted by Gasteiger charge is -2.21. The van der Waals surface area contributed by atoms with Crippen LogP contribution >= 0.6 is 15.6 Å². The van der Waals surface area contributed by atoms with Crippen LogP contribution in [0.2, 0.25) is 0 Å². The largest absolute Gasteiger partial charge is 0.472 e. The summed E-state index contributed by atoms with van der Waals surface area (Å²) in [6, 6.07) is 0. The number of aliphatic hydroxyl groups is 1. The van der Waals surface area contributed by atoms with Gasteiger partial charge in [0.25, 0.3) is 0 Å². The minimum absolute atomic E-state index is 0.106. The first kappa shape index (κ1) is 85.1. The average molecular weight is 1280 g/mol. The highest BCUT2D eigenvalue weighted by Crippen LogP contribution is 2.45. The molecule has 87 heavy (non-hydrogen) atoms. The molecule has 3 N–H and O–H groups in total. The molecule has 0 spiro atoms. The summed E-state index contributed by atoms with van der Waals surface area (Å²) in [6.07, 6.45) is 49.9. The summed E-state index contributed by atoms with van der Waals surface area (Å²) < 4.78 is 68.1. The first-order valence-corrected chi connectivity index (χ1v) is 38.8. The summed E-state index contributed by atoms with van der Waals surface area (Å²) in [5.74, 6) is -2.12. The van der Waals surface area contributed by atoms with Crippen molar-refractivity contribution >= 4 is 39.5 Å². The fourth-order valence-electron chi connectivity index (χ4n) is 10.3. The van der Waals surface area contributed by atoms with Crippen LogP contribution in [0.5, 0.6) is 0 Å². The van der Waals surface area contributed by atoms with Gasteiger partial charge in [-0.3, -0.25) is 37.3 Å². The molecule has 17 nitrogen and oxygen atoms in total. The topological polar surface area (TPSA) is 237 Å². The number of esters is 4. The van der Waals surface area contributed by atoms with Gasteiger partial charge in [0.05, 0.1) is 26.4 Å². The maximum Gasteiger partial charge on any atom is 0.472 e. The highest BCUT2D eigenvalue weighted by atomic mass is 31.2. The van der Waals surface area contributed by atoms with E-state index in [2.05, 4.69) is 27.7 Å². The third-order valence-electron chi connectivity index (χ3n) is 15.9. The molecular formula is C68H132O17P2. The Kier molecular flexibility index (Phi) is 61.4. The number of unbranched alkanes of at least 4 members (excludes halogenated alkanes) is 43. The molecule has 516 valence electrons. The van der Waals surface area contributed by atoms with Gasteiger partial charge >= 0.3 is 39.5 Å². The standard InChI is InChI=1S/C68H132O17P2/c1-5-9-13-17-21-25-27-29-31-33-35-39-43-47-51-55-68(73)85-64(59-79-66(71)53-49-45-41-38-34-32-30-28-26-22-18-14-10-6-2)61-83-87(76,77)81-57-62(69)56-80-86(74,75)82-60-63(84-67(72)54-50-46-42-37-24-20-16-12-8-4)58-78-65(70)52-48-44-40-36-23-19-15-11-7-3/h62-64,69H,5-61H2,1-4H3,(H,74,75)(H,76,77)/t62-,63+,64+/m0/s1. The predicted octanol–water partition coefficient (Wildman–Crippen LogP) is 19.5. The summed E-state index contributed by atoms with van der Waals surface area (Å²) in [5, 5.41) is 10.6. The van der Waals surface area contributed by atoms with Crippen molar-refractivity contribution in [3.05, 3.63) is 0 Å². The van der Waals surface area contributed by atoms with Gasteiger partial charge in [-0.05, 0) is 25.7 Å². The number of rotatable bonds is 69. The van der Waals surface area contributed by atoms with E-state index >= 15 is 0 Å². The van der Waals surface area contributed by atoms with Crippen LogP contribution in [-0.4, -0.2) is 96.7 Å². The van der Waals surface area contributed by atoms with Gasteiger partial charge < -0.3 is 33.8 Å². The number of hydrogen-bond donors (Lipinski definition) is 3. The third-order valence-corrected chi connectivity index (χ3v) is 17.8. The highest BCUT2D eigenvalue weighted by Gasteiger charge is 2.30. The van der Waals surface area contributed by atoms with Crippen LogP contribution in [0.15, 0.2) is 0 Å². The van der Waals surface area contributed by atoms with Crippen molar-refractivity contribution in [1.82, 2.24) is 0 Å². The molecule has 0 aliphatic rings. The summed E-state index contributed by atoms with van der Waals surface area (Å²) in [4.78, 5) is 72.3. The van der Waals surface area contributed by atoms with E-state index in [4.69, 9.17) is 37.0 Å². The SMILES string of the molecule is CCCCCCCCCCCCCCCCCC(=O)O[C@H](COC(=O)CCCCCCCCCCCCCCCC)COP(=O)(O)OC[C@@H](O)COP(=O)(O)OC[C@@H](COC(=O)CCCCCCCCCCC)OC(=O)CCCCCCCCCCC. The van der Waals surface area contributed by atoms with Crippen LogP contribution in [0, 0.1) is 0 Å². The number of aliphatic hydroxyl groups excluding tert-OH is 1. The van der Waals surface area contributed by atoms with Gasteiger partial charge in [0, 0.05) is 25.7 Å². The Morgan fingerprint density at radius 1 is 0.276 bits per heavy atom. The number of carbonyl (C=O) groups excluding carboxylic acids is 4. The van der Waals surface area contributed by atoms with E-state index in [1.165, 1.54) is 186 Å². The molecule has 0 saturated heterocycles. The van der Waals surface area contributed by atoms with Gasteiger partial charge in [-0.15, -0.1) is 0 Å². The number of phosphoric ester groups is 2. The van der Waals surface area contributed by atoms with Crippen molar-refractivity contribution in [2.24, 2.45) is 0 Å². The zero-order chi connectivity index (χ0) is 64.0. The lowest BCUT2D eigenvalue weighted by Crippen LogP contribution is -2.30. The van der Waals surface area contributed by atoms with Gasteiger partial charge in [-0.1, -0.05) is 304 Å². The first-order valence-electron chi connectivity index (χ1n) is 35.8. The summed E-state index contributed by atoms with van der Waals surface area (Å²) in [7, 11) is -9.89. The first-order chi connectivity index (χ1) is 42.2. The van der Waals surface area contributed by atoms with Crippen LogP contribution in [0.3, 0.4) is 0 Å². The molecule has 0 radical (unpaired) electrons. The molecule has 0 aliphatic heterocycles. The summed E-state index contributed by atoms with van der Waals surface area (Å²) >= 11 is 0. The van der Waals surface area contributed by atoms with E-state index in [-0.39, 0.29) is 25.7 Å². The van der Waals surface area contributed by atoms with Crippen molar-refractivity contribution in [3.63, 3.8) is 0 Å². The molecule has 2 unspecified atom stereocenters. The van der Waals surface area contributed by atoms with Crippen molar-refractivity contribution < 1.29 is 80.2 Å². The maximum absolute atomic E-state index is 13.0. The normalized spacial score (nSPS) is 14.1. The molecule has 0 bridgehead atoms. The Bertz CT molecular complexity index is 1670. The van der Waals surface area contributed by atoms with Crippen molar-refractivity contribution in [2.45, 2.75) is 373 Å². The zero-order valence-corrected chi connectivity index (χ0v) is 57.8. The third kappa shape index (κ3) is 62.6. The van der Waals surface area contributed by atoms with Crippen molar-refractivity contribution in [1.29, 1.82) is 0 Å². The highest BCUT2D eigenvalue weighted by molar-refractivity contribution is 7.47. The second-order valence-corrected chi connectivity index (χ2v) is 27.5. The van der Waals surface area contributed by atoms with Gasteiger partial charge in [0.15, 0.2) is 12.2 Å². The monoisotopic (exact) mass is 1280 g/mol. The van der Waals surface area contributed by atoms with Crippen LogP contribution in [-0.2, 0) is 65.4 Å². The zero-order valence-electron chi connectivity index (χ0n) is 56.0. The average Bonchev–Trinajstić information content (AvgIpc) is 3.54. The van der Waals surface area contributed by atoms with Crippen molar-refractivity contribution in [3.8, 4) is 0 Å². The summed E-state index contributed by atoms with van der Waals surface area (Å²) in [5.41, 5.74) is 0. The Morgan fingerprint density at radius 2 is 0.460 bits per heavy atom. The van der Waals surface area contributed by atoms with Gasteiger partial charge in [0.2, 0.25) is 0 Å². The molecule has 0 aromatic carbocycles. The van der Waals surface area contributed by atoms with Gasteiger partial charge in [-0.25, -0.2) is 9.13 Å². The molecule has 0 amide bonds. The quantitative estimate of drug-likeness (QED) is 0.0222. The van der Waals surface area contributed by atoms with Crippen LogP contribution in [0.1, 0.15) is 355 Å². The number of carbonyl (C=O) groups is 4. The molecule has 19 heteroatoms. The van der Waals surface area contributed by atoms with E-state index < -0.39 is 97.5 Å². The van der Waals surface area contributed by atoms with E-state index in [0.29, 0.717) is 25.7 Å². The van der Waals surface area contributed by atoms with E-state index in [1.807, 2.05) is 0 Å². The number of ether oxygens (including phenoxy) is 4. The second-order valence-electron chi connectivity index (χ2n) is 24.6. The van der Waals surface area contributed by atoms with E-state index in [9.17, 15) is 43.2 Å². The van der Waals surface area contributed by atoms with Crippen LogP contribution in [0.4, 0.5) is 0 Å². The Labute approximate surface area is 530 Å². The van der Waals surface area contributed by atoms with Gasteiger partial charge in [0.1, 0.15) is 19.3 Å². The molecule has 0 aromatic rings. The Hall–Kier alpha value is -1.94. The molecule has 0 saturated carbocycles. The smallest absolute Gasteiger partial charge is 0.462 e. The fourth-order valence-corrected chi connectivity index (χ4v) is 11.9. The second kappa shape index (κ2) is 62.8. The lowest BCUT2D eigenvalue weighted by atomic mass is 10.0. The molecule has 0 aliphatic carbocycles. The van der Waals surface area contributed by atoms with Gasteiger partial charge in [-0.2, -0.15) is 0 Å². The molecule has 0 heterocycles. The molecule has 0 aromatic heterocycles. The molecular weight excluding hydrogens is 1150 g/mol. The van der Waals surface area contributed by atoms with Crippen molar-refractivity contribution in [2.75, 3.05) is 39.6 Å². The Balaban J connectivity index is 5.21. The fraction of sp³-hybridized carbons (Fsp3) is 0.941. The maximum atomic E-state index is 13.0. The molecule has 0 fully saturated rings. The molecule has 5 atom stereocenters.